The fraction of sp³-hybridized carbons (Fsp3) is 0.125. The molecule has 4 heteroatoms. The van der Waals surface area contributed by atoms with E-state index >= 15 is 0 Å². The summed E-state index contributed by atoms with van der Waals surface area (Å²) >= 11 is 1.80. The summed E-state index contributed by atoms with van der Waals surface area (Å²) in [5.41, 5.74) is 4.62. The second-order valence-electron chi connectivity index (χ2n) is 7.08. The Morgan fingerprint density at radius 2 is 1.82 bits per heavy atom. The lowest BCUT2D eigenvalue weighted by atomic mass is 9.99. The van der Waals surface area contributed by atoms with Gasteiger partial charge in [0, 0.05) is 46.8 Å². The highest BCUT2D eigenvalue weighted by Crippen LogP contribution is 2.37. The summed E-state index contributed by atoms with van der Waals surface area (Å²) in [7, 11) is 2.11. The van der Waals surface area contributed by atoms with Gasteiger partial charge in [-0.15, -0.1) is 11.3 Å². The molecule has 138 valence electrons. The van der Waals surface area contributed by atoms with Gasteiger partial charge in [0.25, 0.3) is 0 Å². The van der Waals surface area contributed by atoms with Crippen LogP contribution in [0.4, 0.5) is 5.69 Å². The number of rotatable bonds is 3. The van der Waals surface area contributed by atoms with E-state index in [0.717, 1.165) is 34.7 Å². The Bertz CT molecular complexity index is 1190. The molecule has 0 amide bonds. The molecule has 0 aliphatic carbocycles. The first-order valence-electron chi connectivity index (χ1n) is 9.31. The van der Waals surface area contributed by atoms with Crippen LogP contribution >= 0.6 is 11.3 Å². The Labute approximate surface area is 168 Å². The van der Waals surface area contributed by atoms with Crippen LogP contribution in [0.5, 0.6) is 5.75 Å². The van der Waals surface area contributed by atoms with Crippen molar-refractivity contribution in [3.05, 3.63) is 83.5 Å². The summed E-state index contributed by atoms with van der Waals surface area (Å²) in [5.74, 6) is 1.79. The third-order valence-electron chi connectivity index (χ3n) is 5.08. The van der Waals surface area contributed by atoms with E-state index in [1.54, 1.807) is 11.3 Å². The van der Waals surface area contributed by atoms with E-state index in [-0.39, 0.29) is 0 Å². The molecule has 0 N–H and O–H groups in total. The topological polar surface area (TPSA) is 25.4 Å². The lowest BCUT2D eigenvalue weighted by Gasteiger charge is -2.27. The van der Waals surface area contributed by atoms with Crippen LogP contribution < -0.4 is 9.64 Å². The standard InChI is InChI=1S/C24H20N2OS/c1-16-13-19-3-5-20(15-24(19)28-16)27-23-9-12-26(2)22-6-4-18(14-21(22)23)17-7-10-25-11-8-17/h3-11,13-15H,12H2,1-2H3. The number of likely N-dealkylation sites (N-methyl/N-ethyl adjacent to an activating group) is 1. The van der Waals surface area contributed by atoms with Gasteiger partial charge in [-0.25, -0.2) is 0 Å². The zero-order valence-corrected chi connectivity index (χ0v) is 16.7. The summed E-state index contributed by atoms with van der Waals surface area (Å²) in [5, 5.41) is 1.27. The third-order valence-corrected chi connectivity index (χ3v) is 6.09. The summed E-state index contributed by atoms with van der Waals surface area (Å²) < 4.78 is 7.63. The van der Waals surface area contributed by atoms with Gasteiger partial charge in [0.05, 0.1) is 0 Å². The average molecular weight is 385 g/mol. The monoisotopic (exact) mass is 384 g/mol. The number of anilines is 1. The Kier molecular flexibility index (Phi) is 4.14. The van der Waals surface area contributed by atoms with Gasteiger partial charge in [0.2, 0.25) is 0 Å². The van der Waals surface area contributed by atoms with Crippen molar-refractivity contribution in [3.63, 3.8) is 0 Å². The van der Waals surface area contributed by atoms with Gasteiger partial charge in [-0.05, 0) is 78.0 Å². The number of fused-ring (bicyclic) bond motifs is 2. The van der Waals surface area contributed by atoms with E-state index in [9.17, 15) is 0 Å². The number of benzene rings is 2. The summed E-state index contributed by atoms with van der Waals surface area (Å²) in [6, 6.07) is 19.2. The van der Waals surface area contributed by atoms with Crippen LogP contribution in [0.1, 0.15) is 10.4 Å². The van der Waals surface area contributed by atoms with Crippen LogP contribution in [0.3, 0.4) is 0 Å². The van der Waals surface area contributed by atoms with Crippen LogP contribution in [0.2, 0.25) is 0 Å². The first-order valence-corrected chi connectivity index (χ1v) is 10.1. The fourth-order valence-electron chi connectivity index (χ4n) is 3.65. The van der Waals surface area contributed by atoms with Gasteiger partial charge in [0.15, 0.2) is 0 Å². The number of aromatic nitrogens is 1. The first kappa shape index (κ1) is 17.0. The summed E-state index contributed by atoms with van der Waals surface area (Å²) in [4.78, 5) is 7.68. The van der Waals surface area contributed by atoms with E-state index in [1.165, 1.54) is 20.7 Å². The van der Waals surface area contributed by atoms with Gasteiger partial charge >= 0.3 is 0 Å². The lowest BCUT2D eigenvalue weighted by Crippen LogP contribution is -2.23. The van der Waals surface area contributed by atoms with Gasteiger partial charge in [-0.3, -0.25) is 4.98 Å². The Balaban J connectivity index is 1.53. The highest BCUT2D eigenvalue weighted by Gasteiger charge is 2.19. The molecule has 0 spiro atoms. The van der Waals surface area contributed by atoms with Gasteiger partial charge in [-0.1, -0.05) is 6.07 Å². The quantitative estimate of drug-likeness (QED) is 0.424. The number of aryl methyl sites for hydroxylation is 1. The second kappa shape index (κ2) is 6.80. The number of hydrogen-bond donors (Lipinski definition) is 0. The molecule has 0 bridgehead atoms. The minimum absolute atomic E-state index is 0.831. The minimum Gasteiger partial charge on any atom is -0.457 e. The Morgan fingerprint density at radius 1 is 0.964 bits per heavy atom. The third kappa shape index (κ3) is 3.06. The average Bonchev–Trinajstić information content (AvgIpc) is 3.10. The number of ether oxygens (including phenoxy) is 1. The van der Waals surface area contributed by atoms with Crippen LogP contribution in [-0.4, -0.2) is 18.6 Å². The largest absolute Gasteiger partial charge is 0.457 e. The summed E-state index contributed by atoms with van der Waals surface area (Å²) in [6.45, 7) is 2.97. The van der Waals surface area contributed by atoms with Crippen LogP contribution in [0.25, 0.3) is 27.0 Å². The van der Waals surface area contributed by atoms with E-state index in [2.05, 4.69) is 72.4 Å². The molecule has 1 aliphatic rings. The van der Waals surface area contributed by atoms with Crippen LogP contribution in [-0.2, 0) is 0 Å². The van der Waals surface area contributed by atoms with E-state index in [4.69, 9.17) is 4.74 Å². The predicted octanol–water partition coefficient (Wildman–Crippen LogP) is 6.14. The van der Waals surface area contributed by atoms with Crippen LogP contribution in [0, 0.1) is 6.92 Å². The van der Waals surface area contributed by atoms with Crippen molar-refractivity contribution in [1.82, 2.24) is 4.98 Å². The highest BCUT2D eigenvalue weighted by molar-refractivity contribution is 7.19. The highest BCUT2D eigenvalue weighted by atomic mass is 32.1. The molecular formula is C24H20N2OS. The predicted molar refractivity (Wildman–Crippen MR) is 118 cm³/mol. The molecule has 0 saturated heterocycles. The molecule has 5 rings (SSSR count). The molecule has 2 aromatic carbocycles. The van der Waals surface area contributed by atoms with E-state index in [0.29, 0.717) is 0 Å². The van der Waals surface area contributed by atoms with Gasteiger partial charge in [0.1, 0.15) is 11.5 Å². The molecule has 4 aromatic rings. The van der Waals surface area contributed by atoms with Crippen molar-refractivity contribution in [3.8, 4) is 16.9 Å². The Hall–Kier alpha value is -3.11. The number of pyridine rings is 1. The molecule has 0 unspecified atom stereocenters. The zero-order valence-electron chi connectivity index (χ0n) is 15.8. The zero-order chi connectivity index (χ0) is 19.1. The molecule has 1 aliphatic heterocycles. The smallest absolute Gasteiger partial charge is 0.134 e. The van der Waals surface area contributed by atoms with E-state index in [1.807, 2.05) is 24.5 Å². The Morgan fingerprint density at radius 3 is 2.68 bits per heavy atom. The molecule has 3 heterocycles. The van der Waals surface area contributed by atoms with Gasteiger partial charge in [-0.2, -0.15) is 0 Å². The van der Waals surface area contributed by atoms with Crippen molar-refractivity contribution >= 4 is 32.9 Å². The first-order chi connectivity index (χ1) is 13.7. The maximum atomic E-state index is 6.37. The summed E-state index contributed by atoms with van der Waals surface area (Å²) in [6.07, 6.45) is 5.81. The van der Waals surface area contributed by atoms with Gasteiger partial charge < -0.3 is 9.64 Å². The molecule has 0 atom stereocenters. The molecule has 0 fully saturated rings. The number of nitrogens with zero attached hydrogens (tertiary/aromatic N) is 2. The number of thiophene rings is 1. The lowest BCUT2D eigenvalue weighted by molar-refractivity contribution is 0.512. The van der Waals surface area contributed by atoms with Crippen molar-refractivity contribution in [1.29, 1.82) is 0 Å². The van der Waals surface area contributed by atoms with Crippen molar-refractivity contribution in [2.24, 2.45) is 0 Å². The molecule has 28 heavy (non-hydrogen) atoms. The number of hydrogen-bond acceptors (Lipinski definition) is 4. The van der Waals surface area contributed by atoms with E-state index < -0.39 is 0 Å². The molecule has 0 radical (unpaired) electrons. The van der Waals surface area contributed by atoms with Crippen LogP contribution in [0.15, 0.2) is 73.1 Å². The second-order valence-corrected chi connectivity index (χ2v) is 8.36. The fourth-order valence-corrected chi connectivity index (χ4v) is 4.60. The molecular weight excluding hydrogens is 364 g/mol. The van der Waals surface area contributed by atoms with Crippen molar-refractivity contribution in [2.45, 2.75) is 6.92 Å². The van der Waals surface area contributed by atoms with Crippen molar-refractivity contribution in [2.75, 3.05) is 18.5 Å². The van der Waals surface area contributed by atoms with Crippen molar-refractivity contribution < 1.29 is 4.74 Å². The SMILES string of the molecule is Cc1cc2ccc(OC3=CCN(C)c4ccc(-c5ccncc5)cc43)cc2s1. The maximum absolute atomic E-state index is 6.37. The molecule has 0 saturated carbocycles. The molecule has 2 aromatic heterocycles. The molecule has 3 nitrogen and oxygen atoms in total. The maximum Gasteiger partial charge on any atom is 0.134 e. The normalized spacial score (nSPS) is 13.4. The minimum atomic E-state index is 0.831.